The summed E-state index contributed by atoms with van der Waals surface area (Å²) in [6.07, 6.45) is 2.85. The van der Waals surface area contributed by atoms with Crippen molar-refractivity contribution in [2.45, 2.75) is 13.5 Å². The van der Waals surface area contributed by atoms with Crippen LogP contribution in [0.1, 0.15) is 12.5 Å². The zero-order chi connectivity index (χ0) is 21.1. The molecule has 0 N–H and O–H groups in total. The maximum absolute atomic E-state index is 14.3. The van der Waals surface area contributed by atoms with Gasteiger partial charge in [-0.25, -0.2) is 9.18 Å². The summed E-state index contributed by atoms with van der Waals surface area (Å²) in [4.78, 5) is 40.3. The molecule has 1 aromatic rings. The number of amides is 2. The fourth-order valence-electron chi connectivity index (χ4n) is 3.38. The van der Waals surface area contributed by atoms with Crippen LogP contribution >= 0.6 is 15.9 Å². The summed E-state index contributed by atoms with van der Waals surface area (Å²) in [6.45, 7) is 1.46. The van der Waals surface area contributed by atoms with E-state index in [2.05, 4.69) is 15.9 Å². The molecular formula is C20H20BrFN2O5. The van der Waals surface area contributed by atoms with Crippen molar-refractivity contribution >= 4 is 33.7 Å². The Kier molecular flexibility index (Phi) is 6.36. The number of urea groups is 1. The molecule has 0 saturated carbocycles. The number of allylic oxidation sites excluding steroid dienone is 2. The number of hydrogen-bond donors (Lipinski definition) is 0. The largest absolute Gasteiger partial charge is 0.495 e. The number of hydrogen-bond acceptors (Lipinski definition) is 5. The van der Waals surface area contributed by atoms with E-state index in [1.54, 1.807) is 19.1 Å². The van der Waals surface area contributed by atoms with Crippen molar-refractivity contribution in [1.82, 2.24) is 9.80 Å². The van der Waals surface area contributed by atoms with Crippen LogP contribution in [-0.4, -0.2) is 54.4 Å². The number of nitrogens with zero attached hydrogens (tertiary/aromatic N) is 2. The predicted molar refractivity (Wildman–Crippen MR) is 105 cm³/mol. The minimum Gasteiger partial charge on any atom is -0.495 e. The number of halogens is 2. The second kappa shape index (κ2) is 8.77. The lowest BCUT2D eigenvalue weighted by atomic mass is 9.90. The topological polar surface area (TPSA) is 76.2 Å². The van der Waals surface area contributed by atoms with Crippen molar-refractivity contribution in [3.63, 3.8) is 0 Å². The summed E-state index contributed by atoms with van der Waals surface area (Å²) < 4.78 is 25.2. The molecule has 1 unspecified atom stereocenters. The normalized spacial score (nSPS) is 18.8. The maximum Gasteiger partial charge on any atom is 0.326 e. The standard InChI is InChI=1S/C20H20BrFN2O5/c1-3-29-18(26)11-24-19-14(16(25)6-7-17(19)28-2)10-23(20(24)27)9-12-4-5-13(21)8-15(12)22/h4-8,14H,3,9-11H2,1-2H3. The van der Waals surface area contributed by atoms with Gasteiger partial charge in [-0.2, -0.15) is 0 Å². The second-order valence-electron chi connectivity index (χ2n) is 6.53. The Morgan fingerprint density at radius 2 is 2.07 bits per heavy atom. The zero-order valence-electron chi connectivity index (χ0n) is 16.0. The van der Waals surface area contributed by atoms with Gasteiger partial charge in [0.2, 0.25) is 0 Å². The fourth-order valence-corrected chi connectivity index (χ4v) is 3.72. The van der Waals surface area contributed by atoms with Crippen LogP contribution in [0, 0.1) is 11.7 Å². The fraction of sp³-hybridized carbons (Fsp3) is 0.350. The molecule has 2 amide bonds. The van der Waals surface area contributed by atoms with Gasteiger partial charge in [0.05, 0.1) is 31.9 Å². The summed E-state index contributed by atoms with van der Waals surface area (Å²) in [5.74, 6) is -1.68. The van der Waals surface area contributed by atoms with E-state index >= 15 is 0 Å². The van der Waals surface area contributed by atoms with Crippen LogP contribution in [0.2, 0.25) is 0 Å². The van der Waals surface area contributed by atoms with Gasteiger partial charge in [0.25, 0.3) is 0 Å². The highest BCUT2D eigenvalue weighted by Crippen LogP contribution is 2.33. The smallest absolute Gasteiger partial charge is 0.326 e. The van der Waals surface area contributed by atoms with E-state index in [1.807, 2.05) is 0 Å². The number of fused-ring (bicyclic) bond motifs is 1. The average molecular weight is 467 g/mol. The van der Waals surface area contributed by atoms with Crippen LogP contribution in [0.15, 0.2) is 46.3 Å². The number of esters is 1. The van der Waals surface area contributed by atoms with Crippen molar-refractivity contribution in [2.24, 2.45) is 5.92 Å². The SMILES string of the molecule is CCOC(=O)CN1C(=O)N(Cc2ccc(Br)cc2F)CC2C(=O)C=CC(OC)=C21. The minimum absolute atomic E-state index is 0.0413. The Morgan fingerprint density at radius 1 is 1.31 bits per heavy atom. The first-order valence-electron chi connectivity index (χ1n) is 9.01. The van der Waals surface area contributed by atoms with Crippen molar-refractivity contribution in [2.75, 3.05) is 26.8 Å². The molecule has 0 radical (unpaired) electrons. The number of carbonyl (C=O) groups is 3. The highest BCUT2D eigenvalue weighted by molar-refractivity contribution is 9.10. The summed E-state index contributed by atoms with van der Waals surface area (Å²) in [5.41, 5.74) is 0.626. The number of benzene rings is 1. The molecule has 29 heavy (non-hydrogen) atoms. The van der Waals surface area contributed by atoms with Gasteiger partial charge in [-0.3, -0.25) is 14.5 Å². The van der Waals surface area contributed by atoms with E-state index in [9.17, 15) is 18.8 Å². The highest BCUT2D eigenvalue weighted by Gasteiger charge is 2.43. The molecule has 1 fully saturated rings. The number of methoxy groups -OCH3 is 1. The third kappa shape index (κ3) is 4.34. The van der Waals surface area contributed by atoms with Crippen molar-refractivity contribution < 1.29 is 28.2 Å². The Labute approximate surface area is 175 Å². The first kappa shape index (κ1) is 21.0. The summed E-state index contributed by atoms with van der Waals surface area (Å²) in [7, 11) is 1.43. The molecule has 154 valence electrons. The Hall–Kier alpha value is -2.68. The van der Waals surface area contributed by atoms with Crippen molar-refractivity contribution in [3.05, 3.63) is 57.7 Å². The lowest BCUT2D eigenvalue weighted by Gasteiger charge is -2.42. The van der Waals surface area contributed by atoms with Gasteiger partial charge >= 0.3 is 12.0 Å². The van der Waals surface area contributed by atoms with Gasteiger partial charge in [-0.1, -0.05) is 22.0 Å². The van der Waals surface area contributed by atoms with Gasteiger partial charge < -0.3 is 14.4 Å². The molecule has 0 spiro atoms. The van der Waals surface area contributed by atoms with E-state index in [0.29, 0.717) is 21.5 Å². The minimum atomic E-state index is -0.708. The Morgan fingerprint density at radius 3 is 2.72 bits per heavy atom. The molecular weight excluding hydrogens is 447 g/mol. The number of rotatable bonds is 6. The van der Waals surface area contributed by atoms with Gasteiger partial charge in [-0.05, 0) is 31.2 Å². The molecule has 1 heterocycles. The molecule has 1 saturated heterocycles. The molecule has 7 nitrogen and oxygen atoms in total. The molecule has 3 rings (SSSR count). The third-order valence-electron chi connectivity index (χ3n) is 4.71. The highest BCUT2D eigenvalue weighted by atomic mass is 79.9. The first-order chi connectivity index (χ1) is 13.8. The molecule has 1 aromatic carbocycles. The van der Waals surface area contributed by atoms with E-state index in [-0.39, 0.29) is 32.0 Å². The molecule has 1 aliphatic carbocycles. The van der Waals surface area contributed by atoms with Crippen LogP contribution in [0.5, 0.6) is 0 Å². The lowest BCUT2D eigenvalue weighted by molar-refractivity contribution is -0.144. The molecule has 1 atom stereocenters. The van der Waals surface area contributed by atoms with Crippen LogP contribution in [0.3, 0.4) is 0 Å². The first-order valence-corrected chi connectivity index (χ1v) is 9.81. The third-order valence-corrected chi connectivity index (χ3v) is 5.20. The predicted octanol–water partition coefficient (Wildman–Crippen LogP) is 3.00. The van der Waals surface area contributed by atoms with Crippen LogP contribution in [0.25, 0.3) is 0 Å². The Balaban J connectivity index is 1.96. The van der Waals surface area contributed by atoms with Crippen LogP contribution < -0.4 is 0 Å². The van der Waals surface area contributed by atoms with Crippen LogP contribution in [0.4, 0.5) is 9.18 Å². The molecule has 2 aliphatic rings. The quantitative estimate of drug-likeness (QED) is 0.602. The molecule has 1 aliphatic heterocycles. The number of carbonyl (C=O) groups excluding carboxylic acids is 3. The summed E-state index contributed by atoms with van der Waals surface area (Å²) in [5, 5.41) is 0. The Bertz CT molecular complexity index is 914. The summed E-state index contributed by atoms with van der Waals surface area (Å²) in [6, 6.07) is 4.02. The summed E-state index contributed by atoms with van der Waals surface area (Å²) >= 11 is 3.20. The van der Waals surface area contributed by atoms with Crippen LogP contribution in [-0.2, 0) is 25.6 Å². The zero-order valence-corrected chi connectivity index (χ0v) is 17.6. The van der Waals surface area contributed by atoms with Crippen molar-refractivity contribution in [3.8, 4) is 0 Å². The van der Waals surface area contributed by atoms with Crippen molar-refractivity contribution in [1.29, 1.82) is 0 Å². The van der Waals surface area contributed by atoms with E-state index in [0.717, 1.165) is 0 Å². The van der Waals surface area contributed by atoms with E-state index < -0.39 is 23.7 Å². The number of ketones is 1. The van der Waals surface area contributed by atoms with Gasteiger partial charge in [-0.15, -0.1) is 0 Å². The van der Waals surface area contributed by atoms with Gasteiger partial charge in [0.15, 0.2) is 5.78 Å². The maximum atomic E-state index is 14.3. The second-order valence-corrected chi connectivity index (χ2v) is 7.45. The monoisotopic (exact) mass is 466 g/mol. The van der Waals surface area contributed by atoms with Gasteiger partial charge in [0.1, 0.15) is 18.1 Å². The molecule has 0 bridgehead atoms. The lowest BCUT2D eigenvalue weighted by Crippen LogP contribution is -2.55. The average Bonchev–Trinajstić information content (AvgIpc) is 2.68. The number of ether oxygens (including phenoxy) is 2. The van der Waals surface area contributed by atoms with E-state index in [1.165, 1.54) is 35.1 Å². The van der Waals surface area contributed by atoms with Gasteiger partial charge in [0, 0.05) is 16.6 Å². The molecule has 9 heteroatoms. The molecule has 0 aromatic heterocycles. The van der Waals surface area contributed by atoms with E-state index in [4.69, 9.17) is 9.47 Å².